The highest BCUT2D eigenvalue weighted by Crippen LogP contribution is 2.36. The predicted molar refractivity (Wildman–Crippen MR) is 107 cm³/mol. The maximum Gasteiger partial charge on any atom is 0.0552 e. The summed E-state index contributed by atoms with van der Waals surface area (Å²) in [6.45, 7) is 4.41. The number of nitrogens with zero attached hydrogens (tertiary/aromatic N) is 2. The van der Waals surface area contributed by atoms with Crippen molar-refractivity contribution in [2.75, 3.05) is 31.1 Å². The Morgan fingerprint density at radius 3 is 2.72 bits per heavy atom. The zero-order valence-electron chi connectivity index (χ0n) is 14.4. The Labute approximate surface area is 159 Å². The summed E-state index contributed by atoms with van der Waals surface area (Å²) in [6, 6.07) is 8.62. The van der Waals surface area contributed by atoms with Crippen molar-refractivity contribution in [1.82, 2.24) is 10.3 Å². The average molecular weight is 374 g/mol. The Morgan fingerprint density at radius 1 is 1.08 bits per heavy atom. The van der Waals surface area contributed by atoms with E-state index < -0.39 is 0 Å². The largest absolute Gasteiger partial charge is 0.370 e. The Bertz CT molecular complexity index is 726. The van der Waals surface area contributed by atoms with E-state index in [0.717, 1.165) is 55.5 Å². The fraction of sp³-hybridized carbons (Fsp3) is 0.450. The van der Waals surface area contributed by atoms with Crippen LogP contribution in [0, 0.1) is 0 Å². The van der Waals surface area contributed by atoms with Gasteiger partial charge in [-0.1, -0.05) is 17.7 Å². The summed E-state index contributed by atoms with van der Waals surface area (Å²) in [5.41, 5.74) is 5.24. The van der Waals surface area contributed by atoms with Crippen LogP contribution in [0.15, 0.2) is 35.4 Å². The molecule has 1 saturated heterocycles. The topological polar surface area (TPSA) is 28.2 Å². The van der Waals surface area contributed by atoms with Crippen LogP contribution in [0.4, 0.5) is 5.69 Å². The number of aromatic nitrogens is 1. The fourth-order valence-corrected chi connectivity index (χ4v) is 5.09. The minimum Gasteiger partial charge on any atom is -0.370 e. The first-order valence-electron chi connectivity index (χ1n) is 9.15. The molecule has 0 aliphatic carbocycles. The van der Waals surface area contributed by atoms with Gasteiger partial charge in [-0.05, 0) is 68.1 Å². The lowest BCUT2D eigenvalue weighted by Crippen LogP contribution is -2.17. The summed E-state index contributed by atoms with van der Waals surface area (Å²) < 4.78 is 0. The lowest BCUT2D eigenvalue weighted by atomic mass is 10.0. The summed E-state index contributed by atoms with van der Waals surface area (Å²) in [5, 5.41) is 4.35. The van der Waals surface area contributed by atoms with Crippen LogP contribution in [-0.4, -0.2) is 31.2 Å². The van der Waals surface area contributed by atoms with Crippen LogP contribution in [0.25, 0.3) is 0 Å². The van der Waals surface area contributed by atoms with E-state index in [4.69, 9.17) is 11.6 Å². The molecule has 2 aliphatic rings. The second-order valence-corrected chi connectivity index (χ2v) is 8.15. The molecular weight excluding hydrogens is 350 g/mol. The van der Waals surface area contributed by atoms with Crippen molar-refractivity contribution in [3.63, 3.8) is 0 Å². The van der Waals surface area contributed by atoms with E-state index in [2.05, 4.69) is 39.5 Å². The summed E-state index contributed by atoms with van der Waals surface area (Å²) in [4.78, 5) is 8.35. The van der Waals surface area contributed by atoms with E-state index >= 15 is 0 Å². The third-order valence-corrected chi connectivity index (χ3v) is 6.70. The Hall–Kier alpha value is -1.23. The molecule has 1 N–H and O–H groups in total. The van der Waals surface area contributed by atoms with Gasteiger partial charge in [0.25, 0.3) is 0 Å². The Balaban J connectivity index is 1.47. The second-order valence-electron chi connectivity index (χ2n) is 6.75. The van der Waals surface area contributed by atoms with E-state index in [1.165, 1.54) is 34.6 Å². The molecule has 0 atom stereocenters. The van der Waals surface area contributed by atoms with Crippen molar-refractivity contribution in [2.24, 2.45) is 0 Å². The summed E-state index contributed by atoms with van der Waals surface area (Å²) in [5.74, 6) is 0.865. The first-order chi connectivity index (χ1) is 12.3. The minimum absolute atomic E-state index is 0.865. The van der Waals surface area contributed by atoms with E-state index in [1.807, 2.05) is 18.0 Å². The van der Waals surface area contributed by atoms with Gasteiger partial charge in [0.15, 0.2) is 0 Å². The maximum atomic E-state index is 6.52. The zero-order chi connectivity index (χ0) is 17.1. The molecule has 0 amide bonds. The number of halogens is 1. The SMILES string of the molecule is Clc1ccc2c(c1SCc1ccc(N3CCCC3)cn1)CCNCC2. The predicted octanol–water partition coefficient (Wildman–Crippen LogP) is 4.32. The highest BCUT2D eigenvalue weighted by Gasteiger charge is 2.16. The molecule has 1 fully saturated rings. The number of benzene rings is 1. The quantitative estimate of drug-likeness (QED) is 0.808. The summed E-state index contributed by atoms with van der Waals surface area (Å²) >= 11 is 8.35. The van der Waals surface area contributed by atoms with Crippen LogP contribution >= 0.6 is 23.4 Å². The van der Waals surface area contributed by atoms with Crippen LogP contribution in [0.1, 0.15) is 29.7 Å². The van der Waals surface area contributed by atoms with Gasteiger partial charge in [0.2, 0.25) is 0 Å². The number of anilines is 1. The smallest absolute Gasteiger partial charge is 0.0552 e. The van der Waals surface area contributed by atoms with E-state index in [9.17, 15) is 0 Å². The molecule has 1 aromatic heterocycles. The van der Waals surface area contributed by atoms with Crippen molar-refractivity contribution in [3.05, 3.63) is 52.3 Å². The molecule has 3 heterocycles. The van der Waals surface area contributed by atoms with Gasteiger partial charge >= 0.3 is 0 Å². The molecule has 5 heteroatoms. The first-order valence-corrected chi connectivity index (χ1v) is 10.5. The lowest BCUT2D eigenvalue weighted by Gasteiger charge is -2.17. The van der Waals surface area contributed by atoms with Crippen LogP contribution in [0.3, 0.4) is 0 Å². The number of thioether (sulfide) groups is 1. The van der Waals surface area contributed by atoms with E-state index in [0.29, 0.717) is 0 Å². The van der Waals surface area contributed by atoms with Crippen molar-refractivity contribution >= 4 is 29.1 Å². The van der Waals surface area contributed by atoms with Crippen LogP contribution in [0.5, 0.6) is 0 Å². The van der Waals surface area contributed by atoms with Crippen LogP contribution < -0.4 is 10.2 Å². The summed E-state index contributed by atoms with van der Waals surface area (Å²) in [6.07, 6.45) is 6.76. The second kappa shape index (κ2) is 7.98. The molecule has 25 heavy (non-hydrogen) atoms. The number of pyridine rings is 1. The third kappa shape index (κ3) is 3.97. The molecular formula is C20H24ClN3S. The van der Waals surface area contributed by atoms with Crippen molar-refractivity contribution in [2.45, 2.75) is 36.3 Å². The zero-order valence-corrected chi connectivity index (χ0v) is 16.0. The van der Waals surface area contributed by atoms with Crippen LogP contribution in [0.2, 0.25) is 5.02 Å². The number of nitrogens with one attached hydrogen (secondary N) is 1. The molecule has 2 aromatic rings. The highest BCUT2D eigenvalue weighted by atomic mass is 35.5. The molecule has 0 radical (unpaired) electrons. The van der Waals surface area contributed by atoms with Gasteiger partial charge in [0.05, 0.1) is 22.6 Å². The van der Waals surface area contributed by atoms with Gasteiger partial charge in [-0.2, -0.15) is 0 Å². The van der Waals surface area contributed by atoms with Gasteiger partial charge in [-0.15, -0.1) is 11.8 Å². The highest BCUT2D eigenvalue weighted by molar-refractivity contribution is 7.98. The standard InChI is InChI=1S/C20H24ClN3S/c21-19-6-3-15-7-9-22-10-8-18(15)20(19)25-14-16-4-5-17(13-23-16)24-11-1-2-12-24/h3-6,13,22H,1-2,7-12,14H2. The fourth-order valence-electron chi connectivity index (χ4n) is 3.68. The molecule has 0 spiro atoms. The molecule has 3 nitrogen and oxygen atoms in total. The molecule has 1 aromatic carbocycles. The maximum absolute atomic E-state index is 6.52. The van der Waals surface area contributed by atoms with Gasteiger partial charge < -0.3 is 10.2 Å². The normalized spacial score (nSPS) is 17.4. The first kappa shape index (κ1) is 17.2. The molecule has 0 saturated carbocycles. The average Bonchev–Trinajstić information content (AvgIpc) is 3.07. The van der Waals surface area contributed by atoms with Gasteiger partial charge in [-0.25, -0.2) is 0 Å². The van der Waals surface area contributed by atoms with Gasteiger partial charge in [0, 0.05) is 23.7 Å². The Kier molecular flexibility index (Phi) is 5.49. The van der Waals surface area contributed by atoms with Crippen molar-refractivity contribution < 1.29 is 0 Å². The number of rotatable bonds is 4. The van der Waals surface area contributed by atoms with E-state index in [1.54, 1.807) is 0 Å². The minimum atomic E-state index is 0.865. The van der Waals surface area contributed by atoms with Gasteiger partial charge in [0.1, 0.15) is 0 Å². The Morgan fingerprint density at radius 2 is 1.92 bits per heavy atom. The van der Waals surface area contributed by atoms with E-state index in [-0.39, 0.29) is 0 Å². The molecule has 0 unspecified atom stereocenters. The third-order valence-electron chi connectivity index (χ3n) is 5.08. The number of fused-ring (bicyclic) bond motifs is 1. The van der Waals surface area contributed by atoms with Crippen molar-refractivity contribution in [1.29, 1.82) is 0 Å². The number of hydrogen-bond acceptors (Lipinski definition) is 4. The molecule has 2 aliphatic heterocycles. The monoisotopic (exact) mass is 373 g/mol. The van der Waals surface area contributed by atoms with Crippen molar-refractivity contribution in [3.8, 4) is 0 Å². The summed E-state index contributed by atoms with van der Waals surface area (Å²) in [7, 11) is 0. The molecule has 4 rings (SSSR count). The number of hydrogen-bond donors (Lipinski definition) is 1. The van der Waals surface area contributed by atoms with Gasteiger partial charge in [-0.3, -0.25) is 4.98 Å². The lowest BCUT2D eigenvalue weighted by molar-refractivity contribution is 0.709. The molecule has 0 bridgehead atoms. The van der Waals surface area contributed by atoms with Crippen LogP contribution in [-0.2, 0) is 18.6 Å². The molecule has 132 valence electrons.